The normalized spacial score (nSPS) is 12.9. The lowest BCUT2D eigenvalue weighted by molar-refractivity contribution is -0.167. The molecule has 1 aromatic rings. The second kappa shape index (κ2) is 10.2. The summed E-state index contributed by atoms with van der Waals surface area (Å²) in [7, 11) is 0. The van der Waals surface area contributed by atoms with E-state index in [0.29, 0.717) is 12.0 Å². The van der Waals surface area contributed by atoms with Crippen molar-refractivity contribution in [2.24, 2.45) is 17.4 Å². The predicted octanol–water partition coefficient (Wildman–Crippen LogP) is 0.478. The van der Waals surface area contributed by atoms with Crippen LogP contribution >= 0.6 is 0 Å². The molecular weight excluding hydrogens is 360 g/mol. The number of carboxylic acid groups (broad SMARTS) is 2. The van der Waals surface area contributed by atoms with Crippen LogP contribution in [0.1, 0.15) is 24.8 Å². The van der Waals surface area contributed by atoms with Crippen LogP contribution in [0.4, 0.5) is 4.79 Å². The summed E-state index contributed by atoms with van der Waals surface area (Å²) in [4.78, 5) is 46.7. The number of hydrogen-bond acceptors (Lipinski definition) is 8. The number of rotatable bonds is 10. The van der Waals surface area contributed by atoms with Gasteiger partial charge in [0.25, 0.3) is 0 Å². The minimum atomic E-state index is -2.46. The standard InChI is InChI=1S/C17H22N2O8/c18-9-5-4-8-17(19,12(13(20)21)14(22)23)15(24)27-16(25)26-10-11-6-2-1-3-7-11/h1-3,6-7,12H,4-5,8-10,18-19H2,(H,20,21)(H,22,23)/t17-/m1/s1. The zero-order chi connectivity index (χ0) is 20.4. The third-order valence-electron chi connectivity index (χ3n) is 3.81. The van der Waals surface area contributed by atoms with Crippen LogP contribution in [0, 0.1) is 5.92 Å². The lowest BCUT2D eigenvalue weighted by atomic mass is 9.80. The van der Waals surface area contributed by atoms with Gasteiger partial charge in [0.15, 0.2) is 5.92 Å². The van der Waals surface area contributed by atoms with Gasteiger partial charge in [0, 0.05) is 0 Å². The van der Waals surface area contributed by atoms with E-state index in [9.17, 15) is 19.2 Å². The van der Waals surface area contributed by atoms with Crippen LogP contribution in [0.2, 0.25) is 0 Å². The van der Waals surface area contributed by atoms with Crippen molar-refractivity contribution in [2.45, 2.75) is 31.4 Å². The molecule has 10 heteroatoms. The lowest BCUT2D eigenvalue weighted by Gasteiger charge is -2.29. The molecule has 0 spiro atoms. The van der Waals surface area contributed by atoms with E-state index in [1.54, 1.807) is 30.3 Å². The van der Waals surface area contributed by atoms with Crippen LogP contribution in [-0.4, -0.2) is 46.4 Å². The Balaban J connectivity index is 2.86. The summed E-state index contributed by atoms with van der Waals surface area (Å²) in [6.45, 7) is 0.0358. The van der Waals surface area contributed by atoms with Crippen molar-refractivity contribution in [2.75, 3.05) is 6.54 Å². The fourth-order valence-electron chi connectivity index (χ4n) is 2.39. The van der Waals surface area contributed by atoms with Crippen LogP contribution in [0.25, 0.3) is 0 Å². The van der Waals surface area contributed by atoms with E-state index in [0.717, 1.165) is 0 Å². The van der Waals surface area contributed by atoms with Gasteiger partial charge in [-0.2, -0.15) is 0 Å². The van der Waals surface area contributed by atoms with Crippen molar-refractivity contribution in [3.05, 3.63) is 35.9 Å². The SMILES string of the molecule is NCCCC[C@](N)(C(=O)OC(=O)OCc1ccccc1)C(C(=O)O)C(=O)O. The molecule has 0 aliphatic heterocycles. The highest BCUT2D eigenvalue weighted by Gasteiger charge is 2.52. The van der Waals surface area contributed by atoms with Crippen molar-refractivity contribution >= 4 is 24.1 Å². The molecule has 0 heterocycles. The molecule has 1 atom stereocenters. The minimum absolute atomic E-state index is 0.165. The zero-order valence-electron chi connectivity index (χ0n) is 14.5. The second-order valence-electron chi connectivity index (χ2n) is 5.81. The van der Waals surface area contributed by atoms with Gasteiger partial charge in [-0.15, -0.1) is 0 Å². The Morgan fingerprint density at radius 3 is 2.15 bits per heavy atom. The van der Waals surface area contributed by atoms with Crippen LogP contribution in [0.15, 0.2) is 30.3 Å². The van der Waals surface area contributed by atoms with Crippen molar-refractivity contribution in [1.82, 2.24) is 0 Å². The molecule has 0 saturated heterocycles. The maximum absolute atomic E-state index is 12.3. The van der Waals surface area contributed by atoms with E-state index in [-0.39, 0.29) is 26.0 Å². The van der Waals surface area contributed by atoms with Gasteiger partial charge in [-0.1, -0.05) is 30.3 Å². The van der Waals surface area contributed by atoms with E-state index < -0.39 is 35.5 Å². The van der Waals surface area contributed by atoms with E-state index in [1.165, 1.54) is 0 Å². The Kier molecular flexibility index (Phi) is 8.36. The number of benzene rings is 1. The molecule has 0 saturated carbocycles. The average Bonchev–Trinajstić information content (AvgIpc) is 2.60. The number of hydrogen-bond donors (Lipinski definition) is 4. The van der Waals surface area contributed by atoms with E-state index >= 15 is 0 Å². The van der Waals surface area contributed by atoms with Gasteiger partial charge < -0.3 is 31.2 Å². The molecule has 10 nitrogen and oxygen atoms in total. The molecule has 0 aromatic heterocycles. The monoisotopic (exact) mass is 382 g/mol. The first-order valence-corrected chi connectivity index (χ1v) is 8.10. The molecule has 27 heavy (non-hydrogen) atoms. The average molecular weight is 382 g/mol. The molecule has 0 unspecified atom stereocenters. The summed E-state index contributed by atoms with van der Waals surface area (Å²) in [5.74, 6) is -7.45. The topological polar surface area (TPSA) is 179 Å². The van der Waals surface area contributed by atoms with Gasteiger partial charge in [0.05, 0.1) is 0 Å². The minimum Gasteiger partial charge on any atom is -0.481 e. The fourth-order valence-corrected chi connectivity index (χ4v) is 2.39. The maximum atomic E-state index is 12.3. The fraction of sp³-hybridized carbons (Fsp3) is 0.412. The van der Waals surface area contributed by atoms with Gasteiger partial charge in [0.1, 0.15) is 12.1 Å². The Bertz CT molecular complexity index is 665. The smallest absolute Gasteiger partial charge is 0.481 e. The van der Waals surface area contributed by atoms with Crippen molar-refractivity contribution in [1.29, 1.82) is 0 Å². The molecule has 0 aliphatic carbocycles. The number of carbonyl (C=O) groups is 4. The lowest BCUT2D eigenvalue weighted by Crippen LogP contribution is -2.60. The number of carbonyl (C=O) groups excluding carboxylic acids is 2. The van der Waals surface area contributed by atoms with Crippen LogP contribution in [0.3, 0.4) is 0 Å². The van der Waals surface area contributed by atoms with E-state index in [2.05, 4.69) is 4.74 Å². The summed E-state index contributed by atoms with van der Waals surface area (Å²) in [5, 5.41) is 18.3. The molecule has 0 bridgehead atoms. The Hall–Kier alpha value is -2.98. The molecule has 148 valence electrons. The van der Waals surface area contributed by atoms with Gasteiger partial charge in [0.2, 0.25) is 0 Å². The number of carboxylic acids is 2. The van der Waals surface area contributed by atoms with Gasteiger partial charge in [-0.05, 0) is 31.4 Å². The highest BCUT2D eigenvalue weighted by Crippen LogP contribution is 2.25. The summed E-state index contributed by atoms with van der Waals surface area (Å²) >= 11 is 0. The number of nitrogens with two attached hydrogens (primary N) is 2. The number of esters is 1. The summed E-state index contributed by atoms with van der Waals surface area (Å²) in [6.07, 6.45) is -1.22. The Labute approximate surface area is 155 Å². The van der Waals surface area contributed by atoms with Gasteiger partial charge in [-0.25, -0.2) is 9.59 Å². The molecule has 1 aromatic carbocycles. The summed E-state index contributed by atoms with van der Waals surface area (Å²) < 4.78 is 9.23. The zero-order valence-corrected chi connectivity index (χ0v) is 14.5. The van der Waals surface area contributed by atoms with E-state index in [1.807, 2.05) is 0 Å². The third-order valence-corrected chi connectivity index (χ3v) is 3.81. The molecule has 0 radical (unpaired) electrons. The van der Waals surface area contributed by atoms with E-state index in [4.69, 9.17) is 26.4 Å². The van der Waals surface area contributed by atoms with Crippen molar-refractivity contribution < 1.29 is 38.9 Å². The second-order valence-corrected chi connectivity index (χ2v) is 5.81. The molecule has 6 N–H and O–H groups in total. The number of aliphatic carboxylic acids is 2. The molecule has 0 amide bonds. The highest BCUT2D eigenvalue weighted by atomic mass is 16.7. The molecular formula is C17H22N2O8. The molecule has 1 rings (SSSR count). The van der Waals surface area contributed by atoms with Gasteiger partial charge >= 0.3 is 24.1 Å². The first kappa shape index (κ1) is 22.1. The molecule has 0 fully saturated rings. The van der Waals surface area contributed by atoms with Crippen LogP contribution < -0.4 is 11.5 Å². The number of ether oxygens (including phenoxy) is 2. The maximum Gasteiger partial charge on any atom is 0.516 e. The predicted molar refractivity (Wildman–Crippen MR) is 91.3 cm³/mol. The van der Waals surface area contributed by atoms with Gasteiger partial charge in [-0.3, -0.25) is 9.59 Å². The molecule has 0 aliphatic rings. The highest BCUT2D eigenvalue weighted by molar-refractivity contribution is 6.02. The largest absolute Gasteiger partial charge is 0.516 e. The number of unbranched alkanes of at least 4 members (excludes halogenated alkanes) is 1. The van der Waals surface area contributed by atoms with Crippen molar-refractivity contribution in [3.8, 4) is 0 Å². The third kappa shape index (κ3) is 6.35. The summed E-state index contributed by atoms with van der Waals surface area (Å²) in [5.41, 5.74) is 9.30. The van der Waals surface area contributed by atoms with Crippen LogP contribution in [0.5, 0.6) is 0 Å². The Morgan fingerprint density at radius 2 is 1.63 bits per heavy atom. The van der Waals surface area contributed by atoms with Crippen LogP contribution in [-0.2, 0) is 30.5 Å². The summed E-state index contributed by atoms with van der Waals surface area (Å²) in [6, 6.07) is 8.51. The first-order valence-electron chi connectivity index (χ1n) is 8.10. The van der Waals surface area contributed by atoms with Crippen molar-refractivity contribution in [3.63, 3.8) is 0 Å². The first-order chi connectivity index (χ1) is 12.7. The quantitative estimate of drug-likeness (QED) is 0.252. The Morgan fingerprint density at radius 1 is 1.04 bits per heavy atom.